The largest absolute Gasteiger partial charge is 0.371 e. The number of hydrogen-bond acceptors (Lipinski definition) is 4. The fourth-order valence-corrected chi connectivity index (χ4v) is 2.80. The summed E-state index contributed by atoms with van der Waals surface area (Å²) >= 11 is 5.94. The molecule has 2 heterocycles. The van der Waals surface area contributed by atoms with E-state index in [0.717, 1.165) is 42.7 Å². The van der Waals surface area contributed by atoms with Gasteiger partial charge >= 0.3 is 0 Å². The van der Waals surface area contributed by atoms with E-state index in [1.807, 2.05) is 38.1 Å². The van der Waals surface area contributed by atoms with Gasteiger partial charge in [-0.2, -0.15) is 0 Å². The van der Waals surface area contributed by atoms with Crippen LogP contribution in [0.15, 0.2) is 28.8 Å². The molecule has 1 aromatic heterocycles. The molecule has 1 aliphatic heterocycles. The first-order chi connectivity index (χ1) is 10.1. The molecule has 112 valence electrons. The summed E-state index contributed by atoms with van der Waals surface area (Å²) in [5.41, 5.74) is 3.33. The van der Waals surface area contributed by atoms with Crippen LogP contribution in [-0.4, -0.2) is 29.8 Å². The van der Waals surface area contributed by atoms with E-state index in [0.29, 0.717) is 0 Å². The van der Waals surface area contributed by atoms with Crippen LogP contribution in [0, 0.1) is 13.8 Å². The Morgan fingerprint density at radius 2 is 2.05 bits per heavy atom. The number of aromatic nitrogens is 1. The lowest BCUT2D eigenvalue weighted by atomic mass is 10.1. The van der Waals surface area contributed by atoms with Gasteiger partial charge in [0.2, 0.25) is 0 Å². The standard InChI is InChI=1S/C16H19ClN2O2/c1-11-15(12(2)21-18-11)9-19-7-8-20-16(10-19)13-3-5-14(17)6-4-13/h3-6,16H,7-10H2,1-2H3/t16-/m1/s1. The van der Waals surface area contributed by atoms with Crippen LogP contribution >= 0.6 is 11.6 Å². The predicted octanol–water partition coefficient (Wildman–Crippen LogP) is 3.52. The summed E-state index contributed by atoms with van der Waals surface area (Å²) in [5.74, 6) is 0.905. The first-order valence-corrected chi connectivity index (χ1v) is 7.52. The normalized spacial score (nSPS) is 19.9. The Kier molecular flexibility index (Phi) is 4.29. The van der Waals surface area contributed by atoms with E-state index in [1.54, 1.807) is 0 Å². The molecule has 5 heteroatoms. The molecular weight excluding hydrogens is 288 g/mol. The fraction of sp³-hybridized carbons (Fsp3) is 0.438. The number of benzene rings is 1. The zero-order valence-electron chi connectivity index (χ0n) is 12.3. The van der Waals surface area contributed by atoms with Gasteiger partial charge in [-0.3, -0.25) is 4.90 Å². The highest BCUT2D eigenvalue weighted by Crippen LogP contribution is 2.25. The van der Waals surface area contributed by atoms with E-state index in [1.165, 1.54) is 11.1 Å². The summed E-state index contributed by atoms with van der Waals surface area (Å²) in [6.45, 7) is 7.33. The monoisotopic (exact) mass is 306 g/mol. The molecular formula is C16H19ClN2O2. The molecule has 1 aromatic carbocycles. The Morgan fingerprint density at radius 3 is 2.71 bits per heavy atom. The minimum atomic E-state index is 0.0940. The van der Waals surface area contributed by atoms with Gasteiger partial charge < -0.3 is 9.26 Å². The molecule has 0 spiro atoms. The Morgan fingerprint density at radius 1 is 1.29 bits per heavy atom. The average molecular weight is 307 g/mol. The van der Waals surface area contributed by atoms with Gasteiger partial charge in [-0.15, -0.1) is 0 Å². The van der Waals surface area contributed by atoms with Crippen LogP contribution in [0.25, 0.3) is 0 Å². The molecule has 21 heavy (non-hydrogen) atoms. The average Bonchev–Trinajstić information content (AvgIpc) is 2.80. The molecule has 0 radical (unpaired) electrons. The number of morpholine rings is 1. The number of aryl methyl sites for hydroxylation is 2. The summed E-state index contributed by atoms with van der Waals surface area (Å²) < 4.78 is 11.1. The summed E-state index contributed by atoms with van der Waals surface area (Å²) in [4.78, 5) is 2.38. The molecule has 0 amide bonds. The first kappa shape index (κ1) is 14.6. The molecule has 0 bridgehead atoms. The maximum Gasteiger partial charge on any atom is 0.138 e. The molecule has 0 unspecified atom stereocenters. The second kappa shape index (κ2) is 6.18. The van der Waals surface area contributed by atoms with Gasteiger partial charge in [-0.25, -0.2) is 0 Å². The van der Waals surface area contributed by atoms with E-state index in [2.05, 4.69) is 10.1 Å². The van der Waals surface area contributed by atoms with Crippen molar-refractivity contribution in [1.29, 1.82) is 0 Å². The molecule has 1 fully saturated rings. The third kappa shape index (κ3) is 3.28. The number of hydrogen-bond donors (Lipinski definition) is 0. The Bertz CT molecular complexity index is 590. The van der Waals surface area contributed by atoms with Gasteiger partial charge in [-0.05, 0) is 31.5 Å². The maximum absolute atomic E-state index is 5.94. The maximum atomic E-state index is 5.94. The topological polar surface area (TPSA) is 38.5 Å². The molecule has 1 atom stereocenters. The lowest BCUT2D eigenvalue weighted by Gasteiger charge is -2.33. The molecule has 4 nitrogen and oxygen atoms in total. The third-order valence-electron chi connectivity index (χ3n) is 3.96. The molecule has 1 aliphatic rings. The molecule has 0 aliphatic carbocycles. The van der Waals surface area contributed by atoms with Crippen molar-refractivity contribution in [3.63, 3.8) is 0 Å². The van der Waals surface area contributed by atoms with Crippen LogP contribution in [0.5, 0.6) is 0 Å². The van der Waals surface area contributed by atoms with Crippen molar-refractivity contribution in [3.05, 3.63) is 51.9 Å². The smallest absolute Gasteiger partial charge is 0.138 e. The Labute approximate surface area is 129 Å². The van der Waals surface area contributed by atoms with Crippen molar-refractivity contribution in [2.75, 3.05) is 19.7 Å². The van der Waals surface area contributed by atoms with Gasteiger partial charge in [0.05, 0.1) is 18.4 Å². The Hall–Kier alpha value is -1.36. The van der Waals surface area contributed by atoms with Gasteiger partial charge in [0.1, 0.15) is 5.76 Å². The summed E-state index contributed by atoms with van der Waals surface area (Å²) in [7, 11) is 0. The highest BCUT2D eigenvalue weighted by Gasteiger charge is 2.23. The zero-order valence-corrected chi connectivity index (χ0v) is 13.1. The Balaban J connectivity index is 1.70. The van der Waals surface area contributed by atoms with Crippen LogP contribution in [0.2, 0.25) is 5.02 Å². The molecule has 0 saturated carbocycles. The molecule has 3 rings (SSSR count). The van der Waals surface area contributed by atoms with Crippen molar-refractivity contribution < 1.29 is 9.26 Å². The fourth-order valence-electron chi connectivity index (χ4n) is 2.68. The van der Waals surface area contributed by atoms with Crippen LogP contribution in [-0.2, 0) is 11.3 Å². The summed E-state index contributed by atoms with van der Waals surface area (Å²) in [6.07, 6.45) is 0.0940. The number of rotatable bonds is 3. The van der Waals surface area contributed by atoms with Gasteiger partial charge in [0, 0.05) is 30.2 Å². The van der Waals surface area contributed by atoms with E-state index in [9.17, 15) is 0 Å². The number of nitrogens with zero attached hydrogens (tertiary/aromatic N) is 2. The van der Waals surface area contributed by atoms with E-state index >= 15 is 0 Å². The predicted molar refractivity (Wildman–Crippen MR) is 81.4 cm³/mol. The van der Waals surface area contributed by atoms with Gasteiger partial charge in [-0.1, -0.05) is 28.9 Å². The highest BCUT2D eigenvalue weighted by molar-refractivity contribution is 6.30. The van der Waals surface area contributed by atoms with E-state index < -0.39 is 0 Å². The van der Waals surface area contributed by atoms with Crippen molar-refractivity contribution >= 4 is 11.6 Å². The minimum absolute atomic E-state index is 0.0940. The van der Waals surface area contributed by atoms with Gasteiger partial charge in [0.15, 0.2) is 0 Å². The molecule has 2 aromatic rings. The second-order valence-corrected chi connectivity index (χ2v) is 5.89. The van der Waals surface area contributed by atoms with Crippen molar-refractivity contribution in [2.24, 2.45) is 0 Å². The summed E-state index contributed by atoms with van der Waals surface area (Å²) in [5, 5.41) is 4.77. The van der Waals surface area contributed by atoms with Crippen LogP contribution in [0.1, 0.15) is 28.7 Å². The lowest BCUT2D eigenvalue weighted by molar-refractivity contribution is -0.0330. The lowest BCUT2D eigenvalue weighted by Crippen LogP contribution is -2.38. The van der Waals surface area contributed by atoms with Crippen molar-refractivity contribution in [3.8, 4) is 0 Å². The first-order valence-electron chi connectivity index (χ1n) is 7.14. The van der Waals surface area contributed by atoms with Gasteiger partial charge in [0.25, 0.3) is 0 Å². The van der Waals surface area contributed by atoms with E-state index in [4.69, 9.17) is 20.9 Å². The highest BCUT2D eigenvalue weighted by atomic mass is 35.5. The van der Waals surface area contributed by atoms with E-state index in [-0.39, 0.29) is 6.10 Å². The quantitative estimate of drug-likeness (QED) is 0.869. The van der Waals surface area contributed by atoms with Crippen LogP contribution < -0.4 is 0 Å². The molecule has 1 saturated heterocycles. The second-order valence-electron chi connectivity index (χ2n) is 5.45. The third-order valence-corrected chi connectivity index (χ3v) is 4.21. The minimum Gasteiger partial charge on any atom is -0.371 e. The van der Waals surface area contributed by atoms with Crippen LogP contribution in [0.4, 0.5) is 0 Å². The SMILES string of the molecule is Cc1noc(C)c1CN1CCO[C@@H](c2ccc(Cl)cc2)C1. The zero-order chi connectivity index (χ0) is 14.8. The van der Waals surface area contributed by atoms with Crippen molar-refractivity contribution in [1.82, 2.24) is 10.1 Å². The van der Waals surface area contributed by atoms with Crippen molar-refractivity contribution in [2.45, 2.75) is 26.5 Å². The van der Waals surface area contributed by atoms with Crippen LogP contribution in [0.3, 0.4) is 0 Å². The molecule has 0 N–H and O–H groups in total. The number of halogens is 1. The summed E-state index contributed by atoms with van der Waals surface area (Å²) in [6, 6.07) is 7.89. The number of ether oxygens (including phenoxy) is 1.